The van der Waals surface area contributed by atoms with E-state index < -0.39 is 10.1 Å². The molecule has 0 spiro atoms. The monoisotopic (exact) mass is 268 g/mol. The van der Waals surface area contributed by atoms with Crippen LogP contribution in [0.4, 0.5) is 0 Å². The first-order chi connectivity index (χ1) is 6.72. The van der Waals surface area contributed by atoms with Crippen molar-refractivity contribution in [3.8, 4) is 0 Å². The van der Waals surface area contributed by atoms with Crippen molar-refractivity contribution in [3.05, 3.63) is 15.8 Å². The van der Waals surface area contributed by atoms with Crippen LogP contribution >= 0.6 is 22.9 Å². The van der Waals surface area contributed by atoms with E-state index in [9.17, 15) is 8.42 Å². The first-order valence-corrected chi connectivity index (χ1v) is 7.01. The lowest BCUT2D eigenvalue weighted by atomic mass is 9.99. The minimum Gasteiger partial charge on any atom is -0.266 e. The third-order valence-electron chi connectivity index (χ3n) is 1.50. The van der Waals surface area contributed by atoms with Crippen LogP contribution in [0.15, 0.2) is 16.3 Å². The molecule has 1 rings (SSSR count). The van der Waals surface area contributed by atoms with Gasteiger partial charge in [-0.2, -0.15) is 8.42 Å². The van der Waals surface area contributed by atoms with Crippen LogP contribution < -0.4 is 0 Å². The molecule has 0 atom stereocenters. The van der Waals surface area contributed by atoms with Gasteiger partial charge in [0.1, 0.15) is 9.23 Å². The van der Waals surface area contributed by atoms with Gasteiger partial charge in [0.15, 0.2) is 0 Å². The molecule has 3 nitrogen and oxygen atoms in total. The largest absolute Gasteiger partial charge is 0.299 e. The van der Waals surface area contributed by atoms with Crippen LogP contribution in [0.3, 0.4) is 0 Å². The molecule has 0 saturated carbocycles. The number of rotatable bonds is 3. The zero-order chi connectivity index (χ0) is 11.7. The minimum atomic E-state index is -3.70. The van der Waals surface area contributed by atoms with Crippen LogP contribution in [0.25, 0.3) is 0 Å². The maximum absolute atomic E-state index is 11.7. The molecule has 0 saturated heterocycles. The molecule has 0 amide bonds. The zero-order valence-corrected chi connectivity index (χ0v) is 11.2. The van der Waals surface area contributed by atoms with E-state index in [1.807, 2.05) is 20.8 Å². The number of thiophene rings is 1. The first kappa shape index (κ1) is 13.0. The zero-order valence-electron chi connectivity index (χ0n) is 8.78. The highest BCUT2D eigenvalue weighted by Crippen LogP contribution is 2.29. The summed E-state index contributed by atoms with van der Waals surface area (Å²) in [7, 11) is -3.70. The van der Waals surface area contributed by atoms with Crippen LogP contribution in [0.5, 0.6) is 0 Å². The molecule has 1 heterocycles. The first-order valence-electron chi connectivity index (χ1n) is 4.35. The highest BCUT2D eigenvalue weighted by atomic mass is 35.5. The van der Waals surface area contributed by atoms with E-state index in [-0.39, 0.29) is 21.3 Å². The standard InChI is InChI=1S/C9H13ClO3S2/c1-9(2,3)6-13-15(11,12)7-4-5-14-8(7)10/h4-5H,6H2,1-3H3. The summed E-state index contributed by atoms with van der Waals surface area (Å²) < 4.78 is 28.5. The van der Waals surface area contributed by atoms with Crippen LogP contribution in [0, 0.1) is 5.41 Å². The Bertz CT molecular complexity index is 428. The molecule has 1 aromatic rings. The second-order valence-corrected chi connectivity index (χ2v) is 7.44. The predicted octanol–water partition coefficient (Wildman–Crippen LogP) is 3.15. The summed E-state index contributed by atoms with van der Waals surface area (Å²) in [6, 6.07) is 1.45. The average Bonchev–Trinajstić information content (AvgIpc) is 2.47. The molecular formula is C9H13ClO3S2. The number of hydrogen-bond donors (Lipinski definition) is 0. The molecule has 0 unspecified atom stereocenters. The fraction of sp³-hybridized carbons (Fsp3) is 0.556. The highest BCUT2D eigenvalue weighted by Gasteiger charge is 2.23. The summed E-state index contributed by atoms with van der Waals surface area (Å²) in [5.41, 5.74) is -0.199. The lowest BCUT2D eigenvalue weighted by Crippen LogP contribution is -2.18. The van der Waals surface area contributed by atoms with Crippen molar-refractivity contribution in [1.29, 1.82) is 0 Å². The summed E-state index contributed by atoms with van der Waals surface area (Å²) in [6.07, 6.45) is 0. The van der Waals surface area contributed by atoms with Crippen LogP contribution in [-0.4, -0.2) is 15.0 Å². The Hall–Kier alpha value is -0.100. The fourth-order valence-electron chi connectivity index (χ4n) is 0.779. The van der Waals surface area contributed by atoms with Crippen LogP contribution in [0.1, 0.15) is 20.8 Å². The van der Waals surface area contributed by atoms with Gasteiger partial charge in [-0.15, -0.1) is 11.3 Å². The van der Waals surface area contributed by atoms with Crippen LogP contribution in [-0.2, 0) is 14.3 Å². The van der Waals surface area contributed by atoms with Gasteiger partial charge in [0.25, 0.3) is 10.1 Å². The van der Waals surface area contributed by atoms with Gasteiger partial charge in [-0.05, 0) is 16.9 Å². The summed E-state index contributed by atoms with van der Waals surface area (Å²) >= 11 is 6.90. The summed E-state index contributed by atoms with van der Waals surface area (Å²) in [6.45, 7) is 5.84. The lowest BCUT2D eigenvalue weighted by molar-refractivity contribution is 0.203. The van der Waals surface area contributed by atoms with Gasteiger partial charge in [0.05, 0.1) is 6.61 Å². The van der Waals surface area contributed by atoms with Crippen molar-refractivity contribution in [2.75, 3.05) is 6.61 Å². The summed E-state index contributed by atoms with van der Waals surface area (Å²) in [4.78, 5) is 0.0541. The third-order valence-corrected chi connectivity index (χ3v) is 4.22. The average molecular weight is 269 g/mol. The summed E-state index contributed by atoms with van der Waals surface area (Å²) in [5, 5.41) is 1.62. The quantitative estimate of drug-likeness (QED) is 0.791. The Morgan fingerprint density at radius 3 is 2.47 bits per heavy atom. The third kappa shape index (κ3) is 3.75. The van der Waals surface area contributed by atoms with Crippen LogP contribution in [0.2, 0.25) is 4.34 Å². The van der Waals surface area contributed by atoms with E-state index in [4.69, 9.17) is 15.8 Å². The molecule has 6 heteroatoms. The molecule has 0 fully saturated rings. The van der Waals surface area contributed by atoms with Gasteiger partial charge in [-0.3, -0.25) is 4.18 Å². The summed E-state index contributed by atoms with van der Waals surface area (Å²) in [5.74, 6) is 0. The highest BCUT2D eigenvalue weighted by molar-refractivity contribution is 7.87. The molecule has 0 N–H and O–H groups in total. The van der Waals surface area contributed by atoms with E-state index in [1.165, 1.54) is 17.4 Å². The molecule has 1 aromatic heterocycles. The smallest absolute Gasteiger partial charge is 0.266 e. The Morgan fingerprint density at radius 1 is 1.47 bits per heavy atom. The number of hydrogen-bond acceptors (Lipinski definition) is 4. The van der Waals surface area contributed by atoms with Crippen molar-refractivity contribution < 1.29 is 12.6 Å². The van der Waals surface area contributed by atoms with Gasteiger partial charge in [-0.1, -0.05) is 32.4 Å². The van der Waals surface area contributed by atoms with E-state index in [0.29, 0.717) is 0 Å². The Labute approximate surface area is 99.1 Å². The van der Waals surface area contributed by atoms with Gasteiger partial charge in [-0.25, -0.2) is 0 Å². The van der Waals surface area contributed by atoms with E-state index in [1.54, 1.807) is 5.38 Å². The SMILES string of the molecule is CC(C)(C)COS(=O)(=O)c1ccsc1Cl. The molecule has 0 aromatic carbocycles. The van der Waals surface area contributed by atoms with Gasteiger partial charge < -0.3 is 0 Å². The molecule has 0 aliphatic carbocycles. The Kier molecular flexibility index (Phi) is 3.81. The molecule has 0 aliphatic heterocycles. The van der Waals surface area contributed by atoms with Gasteiger partial charge in [0.2, 0.25) is 0 Å². The molecule has 0 bridgehead atoms. The van der Waals surface area contributed by atoms with Crippen molar-refractivity contribution >= 4 is 33.1 Å². The molecule has 86 valence electrons. The van der Waals surface area contributed by atoms with E-state index >= 15 is 0 Å². The lowest BCUT2D eigenvalue weighted by Gasteiger charge is -2.17. The Morgan fingerprint density at radius 2 is 2.07 bits per heavy atom. The van der Waals surface area contributed by atoms with Gasteiger partial charge >= 0.3 is 0 Å². The van der Waals surface area contributed by atoms with Crippen molar-refractivity contribution in [2.45, 2.75) is 25.7 Å². The maximum atomic E-state index is 11.7. The predicted molar refractivity (Wildman–Crippen MR) is 61.9 cm³/mol. The maximum Gasteiger partial charge on any atom is 0.299 e. The van der Waals surface area contributed by atoms with Gasteiger partial charge in [0, 0.05) is 0 Å². The normalized spacial score (nSPS) is 13.1. The topological polar surface area (TPSA) is 43.4 Å². The molecule has 0 radical (unpaired) electrons. The molecule has 0 aliphatic rings. The van der Waals surface area contributed by atoms with Crippen molar-refractivity contribution in [1.82, 2.24) is 0 Å². The van der Waals surface area contributed by atoms with Crippen molar-refractivity contribution in [2.24, 2.45) is 5.41 Å². The second kappa shape index (κ2) is 4.41. The van der Waals surface area contributed by atoms with Crippen molar-refractivity contribution in [3.63, 3.8) is 0 Å². The fourth-order valence-corrected chi connectivity index (χ4v) is 3.39. The van der Waals surface area contributed by atoms with E-state index in [2.05, 4.69) is 0 Å². The second-order valence-electron chi connectivity index (χ2n) is 4.34. The number of halogens is 1. The molecular weight excluding hydrogens is 256 g/mol. The van der Waals surface area contributed by atoms with E-state index in [0.717, 1.165) is 0 Å². The minimum absolute atomic E-state index is 0.0541. The molecule has 15 heavy (non-hydrogen) atoms. The Balaban J connectivity index is 2.82.